The molecule has 9 heteroatoms. The second-order valence-corrected chi connectivity index (χ2v) is 7.76. The van der Waals surface area contributed by atoms with Gasteiger partial charge in [0.2, 0.25) is 0 Å². The Morgan fingerprint density at radius 2 is 1.64 bits per heavy atom. The standard InChI is InChI=1S/C24H21ClFN3O3S/c1-2-11-32-19-8-4-6-16(13-19)23(31)29-24(33)28-17-7-3-5-15(12-17)22(30)27-18-9-10-21(26)20(25)14-18/h3-10,12-14H,2,11H2,1H3,(H,27,30)(H2,28,29,31,33). The average molecular weight is 486 g/mol. The van der Waals surface area contributed by atoms with E-state index in [2.05, 4.69) is 16.0 Å². The molecule has 0 saturated heterocycles. The number of carbonyl (C=O) groups is 2. The number of hydrogen-bond donors (Lipinski definition) is 3. The quantitative estimate of drug-likeness (QED) is 0.377. The van der Waals surface area contributed by atoms with Crippen molar-refractivity contribution < 1.29 is 18.7 Å². The third-order valence-corrected chi connectivity index (χ3v) is 4.85. The smallest absolute Gasteiger partial charge is 0.257 e. The molecule has 6 nitrogen and oxygen atoms in total. The van der Waals surface area contributed by atoms with Gasteiger partial charge in [-0.1, -0.05) is 30.7 Å². The molecule has 0 saturated carbocycles. The molecule has 0 unspecified atom stereocenters. The second kappa shape index (κ2) is 11.4. The molecule has 3 N–H and O–H groups in total. The summed E-state index contributed by atoms with van der Waals surface area (Å²) in [6.45, 7) is 2.56. The van der Waals surface area contributed by atoms with E-state index in [1.54, 1.807) is 48.5 Å². The van der Waals surface area contributed by atoms with E-state index in [0.717, 1.165) is 6.42 Å². The zero-order valence-electron chi connectivity index (χ0n) is 17.7. The zero-order chi connectivity index (χ0) is 23.8. The molecule has 0 atom stereocenters. The van der Waals surface area contributed by atoms with E-state index >= 15 is 0 Å². The van der Waals surface area contributed by atoms with Crippen LogP contribution in [0.2, 0.25) is 5.02 Å². The Labute approximate surface area is 201 Å². The van der Waals surface area contributed by atoms with Crippen molar-refractivity contribution in [3.05, 3.63) is 88.7 Å². The van der Waals surface area contributed by atoms with Crippen molar-refractivity contribution in [2.75, 3.05) is 17.2 Å². The van der Waals surface area contributed by atoms with Crippen LogP contribution in [0.5, 0.6) is 5.75 Å². The summed E-state index contributed by atoms with van der Waals surface area (Å²) in [5.41, 5.74) is 1.59. The fourth-order valence-electron chi connectivity index (χ4n) is 2.80. The third kappa shape index (κ3) is 7.00. The number of thiocarbonyl (C=S) groups is 1. The summed E-state index contributed by atoms with van der Waals surface area (Å²) in [5.74, 6) is -0.780. The monoisotopic (exact) mass is 485 g/mol. The van der Waals surface area contributed by atoms with Crippen molar-refractivity contribution in [1.82, 2.24) is 5.32 Å². The maximum absolute atomic E-state index is 13.3. The lowest BCUT2D eigenvalue weighted by atomic mass is 10.2. The van der Waals surface area contributed by atoms with Crippen LogP contribution in [-0.4, -0.2) is 23.5 Å². The number of amides is 2. The third-order valence-electron chi connectivity index (χ3n) is 4.36. The highest BCUT2D eigenvalue weighted by molar-refractivity contribution is 7.80. The van der Waals surface area contributed by atoms with Gasteiger partial charge in [0.05, 0.1) is 11.6 Å². The summed E-state index contributed by atoms with van der Waals surface area (Å²) in [6.07, 6.45) is 0.860. The summed E-state index contributed by atoms with van der Waals surface area (Å²) in [6, 6.07) is 17.2. The Morgan fingerprint density at radius 3 is 2.36 bits per heavy atom. The van der Waals surface area contributed by atoms with Crippen molar-refractivity contribution in [1.29, 1.82) is 0 Å². The molecule has 0 aliphatic rings. The lowest BCUT2D eigenvalue weighted by Crippen LogP contribution is -2.34. The molecule has 3 aromatic carbocycles. The molecule has 2 amide bonds. The van der Waals surface area contributed by atoms with Gasteiger partial charge in [-0.2, -0.15) is 0 Å². The number of nitrogens with one attached hydrogen (secondary N) is 3. The fourth-order valence-corrected chi connectivity index (χ4v) is 3.19. The van der Waals surface area contributed by atoms with Gasteiger partial charge >= 0.3 is 0 Å². The highest BCUT2D eigenvalue weighted by atomic mass is 35.5. The zero-order valence-corrected chi connectivity index (χ0v) is 19.2. The Bertz CT molecular complexity index is 1190. The molecule has 0 aliphatic carbocycles. The van der Waals surface area contributed by atoms with Gasteiger partial charge in [-0.05, 0) is 73.2 Å². The fraction of sp³-hybridized carbons (Fsp3) is 0.125. The van der Waals surface area contributed by atoms with Crippen LogP contribution >= 0.6 is 23.8 Å². The van der Waals surface area contributed by atoms with Crippen LogP contribution in [0.4, 0.5) is 15.8 Å². The molecule has 0 fully saturated rings. The van der Waals surface area contributed by atoms with Crippen LogP contribution in [-0.2, 0) is 0 Å². The first-order valence-corrected chi connectivity index (χ1v) is 10.9. The molecule has 0 aliphatic heterocycles. The van der Waals surface area contributed by atoms with Gasteiger partial charge in [0, 0.05) is 22.5 Å². The summed E-state index contributed by atoms with van der Waals surface area (Å²) >= 11 is 11.0. The van der Waals surface area contributed by atoms with Gasteiger partial charge in [0.1, 0.15) is 11.6 Å². The molecule has 3 aromatic rings. The number of carbonyl (C=O) groups excluding carboxylic acids is 2. The Balaban J connectivity index is 1.61. The number of benzene rings is 3. The van der Waals surface area contributed by atoms with Crippen molar-refractivity contribution in [3.63, 3.8) is 0 Å². The predicted octanol–water partition coefficient (Wildman–Crippen LogP) is 5.65. The average Bonchev–Trinajstić information content (AvgIpc) is 2.80. The minimum absolute atomic E-state index is 0.0720. The molecular formula is C24H21ClFN3O3S. The molecule has 0 aromatic heterocycles. The summed E-state index contributed by atoms with van der Waals surface area (Å²) < 4.78 is 18.8. The number of anilines is 2. The van der Waals surface area contributed by atoms with Crippen molar-refractivity contribution in [2.45, 2.75) is 13.3 Å². The normalized spacial score (nSPS) is 10.3. The summed E-state index contributed by atoms with van der Waals surface area (Å²) in [7, 11) is 0. The molecule has 3 rings (SSSR count). The topological polar surface area (TPSA) is 79.5 Å². The van der Waals surface area contributed by atoms with E-state index in [1.807, 2.05) is 6.92 Å². The van der Waals surface area contributed by atoms with E-state index in [0.29, 0.717) is 34.9 Å². The molecule has 0 radical (unpaired) electrons. The van der Waals surface area contributed by atoms with Crippen LogP contribution in [0.1, 0.15) is 34.1 Å². The molecule has 0 heterocycles. The molecule has 33 heavy (non-hydrogen) atoms. The van der Waals surface area contributed by atoms with Gasteiger partial charge in [0.15, 0.2) is 5.11 Å². The van der Waals surface area contributed by atoms with Crippen LogP contribution in [0.25, 0.3) is 0 Å². The first-order valence-electron chi connectivity index (χ1n) is 10.1. The van der Waals surface area contributed by atoms with E-state index in [1.165, 1.54) is 18.2 Å². The minimum atomic E-state index is -0.573. The van der Waals surface area contributed by atoms with Gasteiger partial charge in [-0.25, -0.2) is 4.39 Å². The highest BCUT2D eigenvalue weighted by Gasteiger charge is 2.12. The lowest BCUT2D eigenvalue weighted by Gasteiger charge is -2.12. The molecule has 0 bridgehead atoms. The van der Waals surface area contributed by atoms with Gasteiger partial charge in [0.25, 0.3) is 11.8 Å². The highest BCUT2D eigenvalue weighted by Crippen LogP contribution is 2.20. The van der Waals surface area contributed by atoms with Crippen LogP contribution in [0.15, 0.2) is 66.7 Å². The largest absolute Gasteiger partial charge is 0.494 e. The van der Waals surface area contributed by atoms with Crippen LogP contribution in [0, 0.1) is 5.82 Å². The van der Waals surface area contributed by atoms with Gasteiger partial charge in [-0.3, -0.25) is 14.9 Å². The van der Waals surface area contributed by atoms with E-state index in [-0.39, 0.29) is 10.1 Å². The van der Waals surface area contributed by atoms with Gasteiger partial charge in [-0.15, -0.1) is 0 Å². The summed E-state index contributed by atoms with van der Waals surface area (Å²) in [4.78, 5) is 25.0. The predicted molar refractivity (Wildman–Crippen MR) is 132 cm³/mol. The Morgan fingerprint density at radius 1 is 0.939 bits per heavy atom. The number of rotatable bonds is 7. The Hall–Kier alpha value is -3.49. The summed E-state index contributed by atoms with van der Waals surface area (Å²) in [5, 5.41) is 8.12. The maximum Gasteiger partial charge on any atom is 0.257 e. The molecular weight excluding hydrogens is 465 g/mol. The SMILES string of the molecule is CCCOc1cccc(C(=O)NC(=S)Nc2cccc(C(=O)Nc3ccc(F)c(Cl)c3)c2)c1. The first kappa shape index (κ1) is 24.2. The van der Waals surface area contributed by atoms with E-state index in [4.69, 9.17) is 28.6 Å². The molecule has 0 spiro atoms. The van der Waals surface area contributed by atoms with Crippen molar-refractivity contribution >= 4 is 52.1 Å². The number of ether oxygens (including phenoxy) is 1. The van der Waals surface area contributed by atoms with Gasteiger partial charge < -0.3 is 15.4 Å². The maximum atomic E-state index is 13.3. The number of halogens is 2. The number of hydrogen-bond acceptors (Lipinski definition) is 4. The van der Waals surface area contributed by atoms with E-state index in [9.17, 15) is 14.0 Å². The second-order valence-electron chi connectivity index (χ2n) is 6.95. The van der Waals surface area contributed by atoms with E-state index < -0.39 is 17.6 Å². The minimum Gasteiger partial charge on any atom is -0.494 e. The first-order chi connectivity index (χ1) is 15.9. The van der Waals surface area contributed by atoms with Crippen molar-refractivity contribution in [3.8, 4) is 5.75 Å². The Kier molecular flexibility index (Phi) is 8.34. The van der Waals surface area contributed by atoms with Crippen molar-refractivity contribution in [2.24, 2.45) is 0 Å². The lowest BCUT2D eigenvalue weighted by molar-refractivity contribution is 0.0975. The molecule has 170 valence electrons. The van der Waals surface area contributed by atoms with Crippen LogP contribution in [0.3, 0.4) is 0 Å². The van der Waals surface area contributed by atoms with Crippen LogP contribution < -0.4 is 20.7 Å².